The molecule has 8 nitrogen and oxygen atoms in total. The van der Waals surface area contributed by atoms with Crippen LogP contribution in [0.2, 0.25) is 0 Å². The number of alkyl halides is 3. The molecule has 1 aromatic carbocycles. The van der Waals surface area contributed by atoms with Gasteiger partial charge in [-0.25, -0.2) is 14.0 Å². The van der Waals surface area contributed by atoms with Crippen LogP contribution in [-0.4, -0.2) is 51.5 Å². The van der Waals surface area contributed by atoms with Crippen molar-refractivity contribution in [2.45, 2.75) is 62.8 Å². The maximum Gasteiger partial charge on any atom is 0.490 e. The predicted octanol–water partition coefficient (Wildman–Crippen LogP) is 3.05. The topological polar surface area (TPSA) is 126 Å². The zero-order valence-electron chi connectivity index (χ0n) is 17.9. The second-order valence-electron chi connectivity index (χ2n) is 8.81. The second-order valence-corrected chi connectivity index (χ2v) is 8.81. The predicted molar refractivity (Wildman–Crippen MR) is 114 cm³/mol. The molecule has 3 aliphatic rings. The third kappa shape index (κ3) is 4.22. The molecule has 0 radical (unpaired) electrons. The summed E-state index contributed by atoms with van der Waals surface area (Å²) in [6.07, 6.45) is 1.54. The highest BCUT2D eigenvalue weighted by Gasteiger charge is 2.39. The Hall–Kier alpha value is -3.15. The van der Waals surface area contributed by atoms with Crippen molar-refractivity contribution in [1.29, 1.82) is 0 Å². The zero-order valence-corrected chi connectivity index (χ0v) is 17.9. The van der Waals surface area contributed by atoms with Crippen molar-refractivity contribution >= 4 is 28.5 Å². The van der Waals surface area contributed by atoms with Crippen LogP contribution in [-0.2, 0) is 11.2 Å². The summed E-state index contributed by atoms with van der Waals surface area (Å²) in [5, 5.41) is 16.7. The Morgan fingerprint density at radius 1 is 1.12 bits per heavy atom. The van der Waals surface area contributed by atoms with E-state index in [4.69, 9.17) is 15.6 Å². The van der Waals surface area contributed by atoms with Gasteiger partial charge in [0.2, 0.25) is 5.43 Å². The fourth-order valence-corrected chi connectivity index (χ4v) is 4.91. The molecule has 0 amide bonds. The van der Waals surface area contributed by atoms with E-state index in [1.54, 1.807) is 0 Å². The number of fused-ring (bicyclic) bond motifs is 5. The molecule has 34 heavy (non-hydrogen) atoms. The summed E-state index contributed by atoms with van der Waals surface area (Å²) in [4.78, 5) is 35.3. The van der Waals surface area contributed by atoms with Gasteiger partial charge in [-0.3, -0.25) is 4.79 Å². The number of nitrogens with two attached hydrogens (primary N) is 1. The number of pyridine rings is 1. The molecule has 1 aliphatic carbocycles. The number of rotatable bonds is 2. The summed E-state index contributed by atoms with van der Waals surface area (Å²) in [6.45, 7) is 0.710. The number of hydrogen-bond donors (Lipinski definition) is 3. The van der Waals surface area contributed by atoms with Crippen molar-refractivity contribution in [3.05, 3.63) is 39.4 Å². The first-order valence-electron chi connectivity index (χ1n) is 10.9. The van der Waals surface area contributed by atoms with Gasteiger partial charge in [-0.15, -0.1) is 0 Å². The van der Waals surface area contributed by atoms with Crippen molar-refractivity contribution in [3.8, 4) is 0 Å². The molecule has 2 fully saturated rings. The molecule has 0 bridgehead atoms. The Morgan fingerprint density at radius 3 is 2.32 bits per heavy atom. The number of aliphatic carboxylic acids is 1. The maximum atomic E-state index is 15.2. The maximum absolute atomic E-state index is 15.2. The van der Waals surface area contributed by atoms with Crippen molar-refractivity contribution < 1.29 is 37.4 Å². The largest absolute Gasteiger partial charge is 0.490 e. The Morgan fingerprint density at radius 2 is 1.76 bits per heavy atom. The van der Waals surface area contributed by atoms with E-state index < -0.39 is 29.4 Å². The average Bonchev–Trinajstić information content (AvgIpc) is 3.54. The minimum atomic E-state index is -5.08. The fourth-order valence-electron chi connectivity index (χ4n) is 4.91. The summed E-state index contributed by atoms with van der Waals surface area (Å²) >= 11 is 0. The number of carboxylic acids is 2. The minimum absolute atomic E-state index is 0.0334. The van der Waals surface area contributed by atoms with Crippen molar-refractivity contribution in [2.75, 3.05) is 11.4 Å². The Kier molecular flexibility index (Phi) is 6.05. The van der Waals surface area contributed by atoms with Gasteiger partial charge in [0, 0.05) is 41.8 Å². The first kappa shape index (κ1) is 24.0. The number of aryl methyl sites for hydroxylation is 1. The van der Waals surface area contributed by atoms with Gasteiger partial charge in [0.05, 0.1) is 11.2 Å². The van der Waals surface area contributed by atoms with E-state index in [-0.39, 0.29) is 29.1 Å². The summed E-state index contributed by atoms with van der Waals surface area (Å²) in [5.74, 6) is -4.47. The molecule has 1 saturated heterocycles. The molecule has 2 aliphatic heterocycles. The highest BCUT2D eigenvalue weighted by atomic mass is 19.4. The molecule has 0 spiro atoms. The number of carboxylic acid groups (broad SMARTS) is 2. The van der Waals surface area contributed by atoms with Crippen molar-refractivity contribution in [1.82, 2.24) is 4.57 Å². The van der Waals surface area contributed by atoms with Gasteiger partial charge in [0.25, 0.3) is 0 Å². The van der Waals surface area contributed by atoms with Crippen LogP contribution in [0.1, 0.15) is 54.1 Å². The average molecular weight is 485 g/mol. The lowest BCUT2D eigenvalue weighted by Gasteiger charge is -2.29. The molecule has 184 valence electrons. The van der Waals surface area contributed by atoms with Crippen LogP contribution in [0.25, 0.3) is 10.9 Å². The monoisotopic (exact) mass is 485 g/mol. The first-order chi connectivity index (χ1) is 15.9. The summed E-state index contributed by atoms with van der Waals surface area (Å²) < 4.78 is 48.9. The zero-order chi connectivity index (χ0) is 24.9. The highest BCUT2D eigenvalue weighted by Crippen LogP contribution is 2.43. The number of aromatic carboxylic acids is 1. The Balaban J connectivity index is 0.000000344. The van der Waals surface area contributed by atoms with Crippen LogP contribution in [0.3, 0.4) is 0 Å². The van der Waals surface area contributed by atoms with Crippen LogP contribution >= 0.6 is 0 Å². The molecule has 0 unspecified atom stereocenters. The second kappa shape index (κ2) is 8.57. The molecule has 12 heteroatoms. The van der Waals surface area contributed by atoms with E-state index >= 15 is 4.39 Å². The number of halogens is 4. The number of aromatic nitrogens is 1. The molecule has 2 atom stereocenters. The van der Waals surface area contributed by atoms with Gasteiger partial charge in [0.1, 0.15) is 11.4 Å². The van der Waals surface area contributed by atoms with Crippen LogP contribution in [0.4, 0.5) is 23.2 Å². The third-order valence-electron chi connectivity index (χ3n) is 6.56. The molecule has 3 heterocycles. The number of benzene rings is 1. The molecule has 1 aromatic heterocycles. The lowest BCUT2D eigenvalue weighted by atomic mass is 9.99. The van der Waals surface area contributed by atoms with Crippen molar-refractivity contribution in [2.24, 2.45) is 5.73 Å². The lowest BCUT2D eigenvalue weighted by Crippen LogP contribution is -2.39. The lowest BCUT2D eigenvalue weighted by molar-refractivity contribution is -0.192. The van der Waals surface area contributed by atoms with Crippen molar-refractivity contribution in [3.63, 3.8) is 0 Å². The van der Waals surface area contributed by atoms with Gasteiger partial charge in [-0.2, -0.15) is 13.2 Å². The molecule has 4 N–H and O–H groups in total. The van der Waals surface area contributed by atoms with Gasteiger partial charge in [0.15, 0.2) is 0 Å². The molecule has 5 rings (SSSR count). The van der Waals surface area contributed by atoms with E-state index in [1.807, 2.05) is 4.57 Å². The van der Waals surface area contributed by atoms with Gasteiger partial charge >= 0.3 is 18.1 Å². The summed E-state index contributed by atoms with van der Waals surface area (Å²) in [6, 6.07) is 1.58. The summed E-state index contributed by atoms with van der Waals surface area (Å²) in [5.41, 5.74) is 7.48. The first-order valence-corrected chi connectivity index (χ1v) is 10.9. The van der Waals surface area contributed by atoms with Crippen LogP contribution in [0.5, 0.6) is 0 Å². The number of hydrogen-bond acceptors (Lipinski definition) is 5. The molecule has 1 saturated carbocycles. The number of carbonyl (C=O) groups is 2. The number of anilines is 1. The minimum Gasteiger partial charge on any atom is -0.477 e. The normalized spacial score (nSPS) is 21.9. The SMILES string of the molecule is N[C@H]1CCN2c3c(F)cc4c(=O)c(C(=O)O)cn(C5CC5)c4c3CCC[C@H]12.O=C(O)C(F)(F)F. The van der Waals surface area contributed by atoms with E-state index in [0.29, 0.717) is 24.2 Å². The van der Waals surface area contributed by atoms with Gasteiger partial charge in [-0.1, -0.05) is 0 Å². The van der Waals surface area contributed by atoms with E-state index in [2.05, 4.69) is 4.90 Å². The van der Waals surface area contributed by atoms with E-state index in [1.165, 1.54) is 12.3 Å². The quantitative estimate of drug-likeness (QED) is 0.558. The molecule has 2 aromatic rings. The Bertz CT molecular complexity index is 1220. The van der Waals surface area contributed by atoms with E-state index in [9.17, 15) is 27.9 Å². The van der Waals surface area contributed by atoms with Gasteiger partial charge < -0.3 is 25.4 Å². The highest BCUT2D eigenvalue weighted by molar-refractivity contribution is 5.95. The van der Waals surface area contributed by atoms with Crippen LogP contribution in [0, 0.1) is 5.82 Å². The molecular formula is C22H23F4N3O5. The summed E-state index contributed by atoms with van der Waals surface area (Å²) in [7, 11) is 0. The van der Waals surface area contributed by atoms with Gasteiger partial charge in [-0.05, 0) is 44.6 Å². The smallest absolute Gasteiger partial charge is 0.477 e. The standard InChI is InChI=1S/C20H22FN3O3.C2HF3O2/c21-14-8-12-17(24(10-4-5-10)9-13(19(12)25)20(26)27)11-2-1-3-16-15(22)6-7-23(16)18(11)14;3-2(4,5)1(6)7/h8-10,15-16H,1-7,22H2,(H,26,27);(H,6,7)/t15-,16+;/m0./s1. The molecular weight excluding hydrogens is 462 g/mol. The van der Waals surface area contributed by atoms with Crippen LogP contribution in [0.15, 0.2) is 17.1 Å². The van der Waals surface area contributed by atoms with E-state index in [0.717, 1.165) is 37.7 Å². The van der Waals surface area contributed by atoms with Crippen LogP contribution < -0.4 is 16.1 Å². The fraction of sp³-hybridized carbons (Fsp3) is 0.500. The Labute approximate surface area is 190 Å². The third-order valence-corrected chi connectivity index (χ3v) is 6.56. The number of nitrogens with zero attached hydrogens (tertiary/aromatic N) is 2.